The van der Waals surface area contributed by atoms with Crippen LogP contribution in [0.15, 0.2) is 18.2 Å². The van der Waals surface area contributed by atoms with Gasteiger partial charge in [-0.05, 0) is 18.2 Å². The summed E-state index contributed by atoms with van der Waals surface area (Å²) < 4.78 is 2.71. The predicted octanol–water partition coefficient (Wildman–Crippen LogP) is 1.37. The fraction of sp³-hybridized carbons (Fsp3) is 0.111. The average molecular weight is 204 g/mol. The summed E-state index contributed by atoms with van der Waals surface area (Å²) in [5, 5.41) is 8.70. The molecule has 1 aromatic carbocycles. The van der Waals surface area contributed by atoms with E-state index in [9.17, 15) is 0 Å². The SMILES string of the molecule is N#Cc1ccc2nc(CNS)[nH]c2c1. The smallest absolute Gasteiger partial charge is 0.122 e. The molecule has 0 fully saturated rings. The van der Waals surface area contributed by atoms with Gasteiger partial charge in [0, 0.05) is 0 Å². The Balaban J connectivity index is 2.50. The molecular weight excluding hydrogens is 196 g/mol. The summed E-state index contributed by atoms with van der Waals surface area (Å²) in [5.74, 6) is 0.810. The number of nitriles is 1. The van der Waals surface area contributed by atoms with E-state index in [2.05, 4.69) is 33.6 Å². The maximum Gasteiger partial charge on any atom is 0.122 e. The molecule has 0 bridgehead atoms. The average Bonchev–Trinajstić information content (AvgIpc) is 2.59. The summed E-state index contributed by atoms with van der Waals surface area (Å²) >= 11 is 3.89. The molecule has 0 amide bonds. The van der Waals surface area contributed by atoms with E-state index < -0.39 is 0 Å². The minimum absolute atomic E-state index is 0.569. The van der Waals surface area contributed by atoms with Gasteiger partial charge in [0.25, 0.3) is 0 Å². The Kier molecular flexibility index (Phi) is 2.39. The summed E-state index contributed by atoms with van der Waals surface area (Å²) in [4.78, 5) is 7.40. The summed E-state index contributed by atoms with van der Waals surface area (Å²) in [5.41, 5.74) is 2.37. The zero-order valence-corrected chi connectivity index (χ0v) is 8.18. The maximum atomic E-state index is 8.70. The number of H-pyrrole nitrogens is 1. The Morgan fingerprint density at radius 3 is 3.14 bits per heavy atom. The summed E-state index contributed by atoms with van der Waals surface area (Å²) in [6, 6.07) is 7.44. The van der Waals surface area contributed by atoms with Crippen LogP contribution in [0.3, 0.4) is 0 Å². The number of thiol groups is 1. The van der Waals surface area contributed by atoms with E-state index in [4.69, 9.17) is 5.26 Å². The molecule has 2 aromatic rings. The van der Waals surface area contributed by atoms with Crippen LogP contribution < -0.4 is 4.72 Å². The Bertz CT molecular complexity index is 497. The highest BCUT2D eigenvalue weighted by molar-refractivity contribution is 7.78. The van der Waals surface area contributed by atoms with Gasteiger partial charge in [-0.2, -0.15) is 5.26 Å². The molecule has 1 aromatic heterocycles. The fourth-order valence-corrected chi connectivity index (χ4v) is 1.44. The molecule has 5 heteroatoms. The van der Waals surface area contributed by atoms with Crippen molar-refractivity contribution in [2.24, 2.45) is 0 Å². The van der Waals surface area contributed by atoms with E-state index in [-0.39, 0.29) is 0 Å². The lowest BCUT2D eigenvalue weighted by Crippen LogP contribution is -1.99. The highest BCUT2D eigenvalue weighted by Crippen LogP contribution is 2.13. The van der Waals surface area contributed by atoms with Crippen molar-refractivity contribution in [1.82, 2.24) is 14.7 Å². The minimum Gasteiger partial charge on any atom is -0.341 e. The minimum atomic E-state index is 0.569. The van der Waals surface area contributed by atoms with Gasteiger partial charge in [-0.15, -0.1) is 0 Å². The zero-order valence-electron chi connectivity index (χ0n) is 7.28. The predicted molar refractivity (Wildman–Crippen MR) is 56.6 cm³/mol. The Morgan fingerprint density at radius 1 is 1.57 bits per heavy atom. The number of nitrogens with one attached hydrogen (secondary N) is 2. The zero-order chi connectivity index (χ0) is 9.97. The Hall–Kier alpha value is -1.51. The fourth-order valence-electron chi connectivity index (χ4n) is 1.29. The van der Waals surface area contributed by atoms with Crippen LogP contribution in [0.1, 0.15) is 11.4 Å². The molecule has 14 heavy (non-hydrogen) atoms. The van der Waals surface area contributed by atoms with Crippen molar-refractivity contribution in [1.29, 1.82) is 5.26 Å². The molecule has 4 nitrogen and oxygen atoms in total. The molecule has 0 unspecified atom stereocenters. The van der Waals surface area contributed by atoms with E-state index in [1.807, 2.05) is 6.07 Å². The van der Waals surface area contributed by atoms with Crippen LogP contribution in [0.5, 0.6) is 0 Å². The molecule has 0 radical (unpaired) electrons. The molecule has 2 N–H and O–H groups in total. The first kappa shape index (κ1) is 9.06. The van der Waals surface area contributed by atoms with Crippen LogP contribution in [0, 0.1) is 11.3 Å². The standard InChI is InChI=1S/C9H8N4S/c10-4-6-1-2-7-8(3-6)13-9(12-7)5-11-14/h1-3,11,14H,5H2,(H,12,13). The van der Waals surface area contributed by atoms with Crippen LogP contribution in [-0.2, 0) is 6.54 Å². The number of rotatable bonds is 2. The van der Waals surface area contributed by atoms with Gasteiger partial charge in [0.05, 0.1) is 29.2 Å². The van der Waals surface area contributed by atoms with Crippen LogP contribution in [0.2, 0.25) is 0 Å². The van der Waals surface area contributed by atoms with E-state index in [0.29, 0.717) is 12.1 Å². The molecule has 0 aliphatic carbocycles. The van der Waals surface area contributed by atoms with Gasteiger partial charge in [0.15, 0.2) is 0 Å². The van der Waals surface area contributed by atoms with Gasteiger partial charge >= 0.3 is 0 Å². The van der Waals surface area contributed by atoms with E-state index in [0.717, 1.165) is 16.9 Å². The molecule has 0 saturated heterocycles. The third-order valence-electron chi connectivity index (χ3n) is 1.91. The largest absolute Gasteiger partial charge is 0.341 e. The van der Waals surface area contributed by atoms with Crippen LogP contribution in [0.4, 0.5) is 0 Å². The summed E-state index contributed by atoms with van der Waals surface area (Å²) in [6.07, 6.45) is 0. The number of benzene rings is 1. The number of hydrogen-bond donors (Lipinski definition) is 3. The van der Waals surface area contributed by atoms with Crippen molar-refractivity contribution < 1.29 is 0 Å². The molecule has 2 rings (SSSR count). The van der Waals surface area contributed by atoms with Gasteiger partial charge in [0.1, 0.15) is 5.82 Å². The maximum absolute atomic E-state index is 8.70. The van der Waals surface area contributed by atoms with Gasteiger partial charge < -0.3 is 4.98 Å². The Labute approximate surface area is 86.5 Å². The first-order valence-corrected chi connectivity index (χ1v) is 4.54. The number of hydrogen-bond acceptors (Lipinski definition) is 4. The van der Waals surface area contributed by atoms with E-state index >= 15 is 0 Å². The second-order valence-electron chi connectivity index (χ2n) is 2.86. The third-order valence-corrected chi connectivity index (χ3v) is 2.06. The van der Waals surface area contributed by atoms with Gasteiger partial charge in [0.2, 0.25) is 0 Å². The van der Waals surface area contributed by atoms with Gasteiger partial charge in [-0.3, -0.25) is 4.72 Å². The van der Waals surface area contributed by atoms with Crippen LogP contribution >= 0.6 is 12.8 Å². The first-order chi connectivity index (χ1) is 6.83. The number of imidazole rings is 1. The Morgan fingerprint density at radius 2 is 2.43 bits per heavy atom. The van der Waals surface area contributed by atoms with Crippen molar-refractivity contribution in [3.8, 4) is 6.07 Å². The van der Waals surface area contributed by atoms with E-state index in [1.54, 1.807) is 12.1 Å². The quantitative estimate of drug-likeness (QED) is 0.647. The molecule has 0 spiro atoms. The lowest BCUT2D eigenvalue weighted by atomic mass is 10.2. The number of nitrogens with zero attached hydrogens (tertiary/aromatic N) is 2. The molecule has 0 atom stereocenters. The van der Waals surface area contributed by atoms with Crippen LogP contribution in [0.25, 0.3) is 11.0 Å². The van der Waals surface area contributed by atoms with Gasteiger partial charge in [-0.25, -0.2) is 4.98 Å². The highest BCUT2D eigenvalue weighted by Gasteiger charge is 2.02. The lowest BCUT2D eigenvalue weighted by Gasteiger charge is -1.89. The monoisotopic (exact) mass is 204 g/mol. The molecule has 0 aliphatic heterocycles. The van der Waals surface area contributed by atoms with Crippen molar-refractivity contribution in [2.45, 2.75) is 6.54 Å². The van der Waals surface area contributed by atoms with E-state index in [1.165, 1.54) is 0 Å². The lowest BCUT2D eigenvalue weighted by molar-refractivity contribution is 0.901. The molecule has 70 valence electrons. The van der Waals surface area contributed by atoms with Crippen molar-refractivity contribution in [3.05, 3.63) is 29.6 Å². The van der Waals surface area contributed by atoms with Crippen molar-refractivity contribution in [2.75, 3.05) is 0 Å². The highest BCUT2D eigenvalue weighted by atomic mass is 32.1. The third kappa shape index (κ3) is 1.58. The van der Waals surface area contributed by atoms with Gasteiger partial charge in [-0.1, -0.05) is 12.8 Å². The van der Waals surface area contributed by atoms with Crippen molar-refractivity contribution >= 4 is 23.8 Å². The molecule has 1 heterocycles. The topological polar surface area (TPSA) is 64.5 Å². The molecule has 0 aliphatic rings. The van der Waals surface area contributed by atoms with Crippen LogP contribution in [-0.4, -0.2) is 9.97 Å². The number of fused-ring (bicyclic) bond motifs is 1. The summed E-state index contributed by atoms with van der Waals surface area (Å²) in [7, 11) is 0. The summed E-state index contributed by atoms with van der Waals surface area (Å²) in [6.45, 7) is 0.569. The molecule has 0 saturated carbocycles. The number of aromatic nitrogens is 2. The van der Waals surface area contributed by atoms with Crippen molar-refractivity contribution in [3.63, 3.8) is 0 Å². The first-order valence-electron chi connectivity index (χ1n) is 4.09. The molecular formula is C9H8N4S. The second-order valence-corrected chi connectivity index (χ2v) is 3.18. The second kappa shape index (κ2) is 3.70. The number of aromatic amines is 1. The normalized spacial score (nSPS) is 10.3.